The van der Waals surface area contributed by atoms with Gasteiger partial charge in [0, 0.05) is 26.2 Å². The van der Waals surface area contributed by atoms with Crippen LogP contribution in [0.25, 0.3) is 0 Å². The minimum atomic E-state index is -0.424. The van der Waals surface area contributed by atoms with Gasteiger partial charge in [-0.3, -0.25) is 9.69 Å². The van der Waals surface area contributed by atoms with Gasteiger partial charge in [-0.05, 0) is 29.8 Å². The summed E-state index contributed by atoms with van der Waals surface area (Å²) in [6, 6.07) is 12.8. The molecule has 2 unspecified atom stereocenters. The Bertz CT molecular complexity index is 1070. The third kappa shape index (κ3) is 3.37. The molecule has 5 rings (SSSR count). The number of benzene rings is 2. The van der Waals surface area contributed by atoms with Gasteiger partial charge in [0.15, 0.2) is 5.16 Å². The Morgan fingerprint density at radius 1 is 1.00 bits per heavy atom. The maximum Gasteiger partial charge on any atom is 0.264 e. The summed E-state index contributed by atoms with van der Waals surface area (Å²) in [7, 11) is 0. The molecule has 0 spiro atoms. The normalized spacial score (nSPS) is 20.4. The molecular formula is C21H19F2N5OS. The summed E-state index contributed by atoms with van der Waals surface area (Å²) in [4.78, 5) is 21.4. The van der Waals surface area contributed by atoms with Gasteiger partial charge in [-0.2, -0.15) is 9.78 Å². The summed E-state index contributed by atoms with van der Waals surface area (Å²) in [5.74, 6) is -0.681. The van der Waals surface area contributed by atoms with E-state index in [-0.39, 0.29) is 23.6 Å². The fourth-order valence-corrected chi connectivity index (χ4v) is 5.36. The Morgan fingerprint density at radius 3 is 2.43 bits per heavy atom. The molecule has 6 nitrogen and oxygen atoms in total. The third-order valence-corrected chi connectivity index (χ3v) is 6.80. The molecule has 2 aliphatic heterocycles. The Labute approximate surface area is 176 Å². The second-order valence-corrected chi connectivity index (χ2v) is 8.41. The van der Waals surface area contributed by atoms with Crippen molar-refractivity contribution in [3.63, 3.8) is 0 Å². The van der Waals surface area contributed by atoms with Crippen molar-refractivity contribution >= 4 is 23.4 Å². The molecular weight excluding hydrogens is 408 g/mol. The summed E-state index contributed by atoms with van der Waals surface area (Å²) in [6.45, 7) is 2.56. The predicted octanol–water partition coefficient (Wildman–Crippen LogP) is 3.23. The molecule has 0 N–H and O–H groups in total. The van der Waals surface area contributed by atoms with Gasteiger partial charge in [0.05, 0.1) is 11.7 Å². The molecule has 154 valence electrons. The number of hydrogen-bond acceptors (Lipinski definition) is 6. The number of carbonyl (C=O) groups is 1. The van der Waals surface area contributed by atoms with Crippen LogP contribution in [0.3, 0.4) is 0 Å². The monoisotopic (exact) mass is 427 g/mol. The molecule has 0 bridgehead atoms. The van der Waals surface area contributed by atoms with E-state index in [0.29, 0.717) is 37.0 Å². The first-order valence-electron chi connectivity index (χ1n) is 9.72. The number of rotatable bonds is 4. The summed E-state index contributed by atoms with van der Waals surface area (Å²) < 4.78 is 29.1. The number of carbonyl (C=O) groups excluding carboxylic acids is 1. The zero-order chi connectivity index (χ0) is 20.7. The fourth-order valence-electron chi connectivity index (χ4n) is 4.13. The molecule has 0 radical (unpaired) electrons. The van der Waals surface area contributed by atoms with Gasteiger partial charge in [-0.15, -0.1) is 0 Å². The molecule has 0 aliphatic carbocycles. The molecule has 1 fully saturated rings. The van der Waals surface area contributed by atoms with Crippen LogP contribution in [0.5, 0.6) is 0 Å². The van der Waals surface area contributed by atoms with Crippen molar-refractivity contribution in [3.8, 4) is 0 Å². The Hall–Kier alpha value is -2.78. The average molecular weight is 427 g/mol. The number of aromatic nitrogens is 3. The standard InChI is InChI=1S/C21H19F2N5OS/c22-15-7-5-14(6-8-15)18(19-20(29)28-21(30-19)24-13-25-28)27-11-9-26(10-12-27)17-4-2-1-3-16(17)23/h1-8,13,18-19H,9-12H2. The minimum Gasteiger partial charge on any atom is -0.367 e. The van der Waals surface area contributed by atoms with E-state index < -0.39 is 5.25 Å². The average Bonchev–Trinajstić information content (AvgIpc) is 3.34. The lowest BCUT2D eigenvalue weighted by Gasteiger charge is -2.41. The number of thioether (sulfide) groups is 1. The first-order chi connectivity index (χ1) is 14.6. The van der Waals surface area contributed by atoms with Crippen molar-refractivity contribution in [2.75, 3.05) is 31.1 Å². The van der Waals surface area contributed by atoms with Gasteiger partial charge in [-0.25, -0.2) is 13.8 Å². The van der Waals surface area contributed by atoms with Crippen molar-refractivity contribution in [1.82, 2.24) is 19.7 Å². The highest BCUT2D eigenvalue weighted by Gasteiger charge is 2.43. The largest absolute Gasteiger partial charge is 0.367 e. The zero-order valence-electron chi connectivity index (χ0n) is 16.0. The maximum absolute atomic E-state index is 14.2. The van der Waals surface area contributed by atoms with Crippen LogP contribution in [0.1, 0.15) is 16.4 Å². The number of nitrogens with zero attached hydrogens (tertiary/aromatic N) is 5. The summed E-state index contributed by atoms with van der Waals surface area (Å²) in [6.07, 6.45) is 1.37. The smallest absolute Gasteiger partial charge is 0.264 e. The van der Waals surface area contributed by atoms with Crippen LogP contribution in [0.4, 0.5) is 14.5 Å². The minimum absolute atomic E-state index is 0.127. The number of anilines is 1. The molecule has 1 saturated heterocycles. The van der Waals surface area contributed by atoms with Gasteiger partial charge in [0.25, 0.3) is 5.91 Å². The van der Waals surface area contributed by atoms with E-state index in [1.807, 2.05) is 11.0 Å². The highest BCUT2D eigenvalue weighted by atomic mass is 32.2. The van der Waals surface area contributed by atoms with Crippen LogP contribution in [-0.4, -0.2) is 57.0 Å². The van der Waals surface area contributed by atoms with Gasteiger partial charge in [0.1, 0.15) is 23.2 Å². The molecule has 2 aliphatic rings. The van der Waals surface area contributed by atoms with Crippen LogP contribution in [0.2, 0.25) is 0 Å². The zero-order valence-corrected chi connectivity index (χ0v) is 16.8. The highest BCUT2D eigenvalue weighted by molar-refractivity contribution is 8.00. The van der Waals surface area contributed by atoms with Crippen molar-refractivity contribution in [1.29, 1.82) is 0 Å². The molecule has 2 atom stereocenters. The number of halogens is 2. The molecule has 2 aromatic carbocycles. The Morgan fingerprint density at radius 2 is 1.73 bits per heavy atom. The van der Waals surface area contributed by atoms with E-state index in [2.05, 4.69) is 15.0 Å². The second-order valence-electron chi connectivity index (χ2n) is 7.30. The number of fused-ring (bicyclic) bond motifs is 1. The molecule has 30 heavy (non-hydrogen) atoms. The molecule has 3 aromatic rings. The van der Waals surface area contributed by atoms with Crippen molar-refractivity contribution in [3.05, 3.63) is 72.1 Å². The molecule has 9 heteroatoms. The quantitative estimate of drug-likeness (QED) is 0.637. The summed E-state index contributed by atoms with van der Waals surface area (Å²) in [5.41, 5.74) is 1.46. The second kappa shape index (κ2) is 7.81. The van der Waals surface area contributed by atoms with E-state index in [1.54, 1.807) is 24.3 Å². The van der Waals surface area contributed by atoms with Crippen LogP contribution >= 0.6 is 11.8 Å². The summed E-state index contributed by atoms with van der Waals surface area (Å²) >= 11 is 1.38. The number of piperazine rings is 1. The highest BCUT2D eigenvalue weighted by Crippen LogP contribution is 2.41. The predicted molar refractivity (Wildman–Crippen MR) is 110 cm³/mol. The SMILES string of the molecule is O=C1C(C(c2ccc(F)cc2)N2CCN(c3ccccc3F)CC2)Sc2ncnn21. The van der Waals surface area contributed by atoms with Crippen molar-refractivity contribution < 1.29 is 13.6 Å². The number of hydrogen-bond donors (Lipinski definition) is 0. The van der Waals surface area contributed by atoms with E-state index in [4.69, 9.17) is 0 Å². The third-order valence-electron chi connectivity index (χ3n) is 5.60. The van der Waals surface area contributed by atoms with Crippen LogP contribution in [0, 0.1) is 11.6 Å². The van der Waals surface area contributed by atoms with Gasteiger partial charge < -0.3 is 4.90 Å². The topological polar surface area (TPSA) is 54.3 Å². The van der Waals surface area contributed by atoms with Crippen LogP contribution in [0.15, 0.2) is 60.0 Å². The molecule has 1 aromatic heterocycles. The van der Waals surface area contributed by atoms with Gasteiger partial charge in [0.2, 0.25) is 0 Å². The maximum atomic E-state index is 14.2. The van der Waals surface area contributed by atoms with E-state index in [1.165, 1.54) is 41.0 Å². The lowest BCUT2D eigenvalue weighted by Crippen LogP contribution is -2.50. The van der Waals surface area contributed by atoms with Gasteiger partial charge >= 0.3 is 0 Å². The van der Waals surface area contributed by atoms with Gasteiger partial charge in [-0.1, -0.05) is 36.0 Å². The van der Waals surface area contributed by atoms with Crippen LogP contribution < -0.4 is 4.90 Å². The van der Waals surface area contributed by atoms with E-state index in [0.717, 1.165) is 5.56 Å². The number of para-hydroxylation sites is 1. The fraction of sp³-hybridized carbons (Fsp3) is 0.286. The van der Waals surface area contributed by atoms with Crippen molar-refractivity contribution in [2.24, 2.45) is 0 Å². The summed E-state index contributed by atoms with van der Waals surface area (Å²) in [5, 5.41) is 4.18. The molecule has 0 amide bonds. The Balaban J connectivity index is 1.41. The lowest BCUT2D eigenvalue weighted by molar-refractivity contribution is 0.0830. The molecule has 3 heterocycles. The first kappa shape index (κ1) is 19.2. The first-order valence-corrected chi connectivity index (χ1v) is 10.6. The van der Waals surface area contributed by atoms with E-state index >= 15 is 0 Å². The molecule has 0 saturated carbocycles. The lowest BCUT2D eigenvalue weighted by atomic mass is 10.00. The van der Waals surface area contributed by atoms with Crippen LogP contribution in [-0.2, 0) is 0 Å². The Kier molecular flexibility index (Phi) is 5.00. The van der Waals surface area contributed by atoms with E-state index in [9.17, 15) is 13.6 Å². The van der Waals surface area contributed by atoms with Crippen molar-refractivity contribution in [2.45, 2.75) is 16.4 Å².